The van der Waals surface area contributed by atoms with Crippen LogP contribution in [0.1, 0.15) is 32.2 Å². The first-order valence-electron chi connectivity index (χ1n) is 8.09. The van der Waals surface area contributed by atoms with Crippen LogP contribution in [0.25, 0.3) is 16.1 Å². The molecule has 0 saturated heterocycles. The van der Waals surface area contributed by atoms with E-state index in [0.29, 0.717) is 28.7 Å². The quantitative estimate of drug-likeness (QED) is 0.797. The molecule has 0 saturated carbocycles. The van der Waals surface area contributed by atoms with Crippen molar-refractivity contribution in [3.05, 3.63) is 41.2 Å². The second-order valence-electron chi connectivity index (χ2n) is 6.81. The van der Waals surface area contributed by atoms with Crippen molar-refractivity contribution in [3.63, 3.8) is 0 Å². The minimum absolute atomic E-state index is 0.321. The smallest absolute Gasteiger partial charge is 0.410 e. The largest absolute Gasteiger partial charge is 0.444 e. The number of nitrogens with zero attached hydrogens (tertiary/aromatic N) is 3. The minimum atomic E-state index is -0.529. The molecule has 0 aliphatic carbocycles. The summed E-state index contributed by atoms with van der Waals surface area (Å²) in [4.78, 5) is 13.9. The average Bonchev–Trinajstić information content (AvgIpc) is 3.03. The Morgan fingerprint density at radius 3 is 2.68 bits per heavy atom. The van der Waals surface area contributed by atoms with E-state index in [2.05, 4.69) is 10.2 Å². The van der Waals surface area contributed by atoms with Crippen LogP contribution < -0.4 is 0 Å². The summed E-state index contributed by atoms with van der Waals surface area (Å²) in [6.07, 6.45) is 2.44. The Kier molecular flexibility index (Phi) is 4.85. The molecule has 0 bridgehead atoms. The lowest BCUT2D eigenvalue weighted by molar-refractivity contribution is 0.0273. The summed E-state index contributed by atoms with van der Waals surface area (Å²) in [6.45, 7) is 6.56. The molecule has 1 amide bonds. The van der Waals surface area contributed by atoms with Gasteiger partial charge in [0.25, 0.3) is 0 Å². The number of benzene rings is 1. The molecule has 0 N–H and O–H groups in total. The Morgan fingerprint density at radius 1 is 1.24 bits per heavy atom. The summed E-state index contributed by atoms with van der Waals surface area (Å²) in [6, 6.07) is 6.50. The summed E-state index contributed by atoms with van der Waals surface area (Å²) in [5.74, 6) is -0.321. The van der Waals surface area contributed by atoms with Crippen molar-refractivity contribution >= 4 is 23.0 Å². The third-order valence-corrected chi connectivity index (χ3v) is 4.64. The molecule has 132 valence electrons. The van der Waals surface area contributed by atoms with Crippen molar-refractivity contribution in [2.24, 2.45) is 0 Å². The second kappa shape index (κ2) is 6.92. The van der Waals surface area contributed by atoms with Gasteiger partial charge in [-0.2, -0.15) is 0 Å². The van der Waals surface area contributed by atoms with Crippen LogP contribution in [0.5, 0.6) is 0 Å². The lowest BCUT2D eigenvalue weighted by Gasteiger charge is -2.29. The molecule has 5 nitrogen and oxygen atoms in total. The Morgan fingerprint density at radius 2 is 1.96 bits per heavy atom. The first-order chi connectivity index (χ1) is 11.8. The van der Waals surface area contributed by atoms with Gasteiger partial charge in [0, 0.05) is 17.7 Å². The molecule has 3 rings (SSSR count). The Bertz CT molecular complexity index is 811. The number of aromatic nitrogens is 2. The zero-order valence-corrected chi connectivity index (χ0v) is 15.3. The molecule has 0 spiro atoms. The molecule has 0 fully saturated rings. The molecule has 1 aromatic heterocycles. The molecular weight excluding hydrogens is 341 g/mol. The van der Waals surface area contributed by atoms with Gasteiger partial charge in [-0.05, 0) is 39.3 Å². The molecule has 1 aliphatic heterocycles. The maximum absolute atomic E-state index is 13.9. The summed E-state index contributed by atoms with van der Waals surface area (Å²) >= 11 is 1.32. The third kappa shape index (κ3) is 4.22. The zero-order valence-electron chi connectivity index (χ0n) is 14.5. The van der Waals surface area contributed by atoms with E-state index in [4.69, 9.17) is 4.74 Å². The van der Waals surface area contributed by atoms with Gasteiger partial charge >= 0.3 is 6.09 Å². The third-order valence-electron chi connectivity index (χ3n) is 3.61. The predicted octanol–water partition coefficient (Wildman–Crippen LogP) is 4.37. The molecule has 2 aromatic rings. The molecule has 1 aliphatic rings. The van der Waals surface area contributed by atoms with Gasteiger partial charge in [-0.25, -0.2) is 9.18 Å². The summed E-state index contributed by atoms with van der Waals surface area (Å²) < 4.78 is 19.3. The van der Waals surface area contributed by atoms with Crippen LogP contribution in [0.2, 0.25) is 0 Å². The van der Waals surface area contributed by atoms with Gasteiger partial charge in [0.1, 0.15) is 16.4 Å². The van der Waals surface area contributed by atoms with E-state index < -0.39 is 5.60 Å². The topological polar surface area (TPSA) is 55.3 Å². The van der Waals surface area contributed by atoms with Crippen LogP contribution in [0, 0.1) is 5.82 Å². The maximum Gasteiger partial charge on any atom is 0.410 e. The van der Waals surface area contributed by atoms with Crippen molar-refractivity contribution < 1.29 is 13.9 Å². The van der Waals surface area contributed by atoms with E-state index in [9.17, 15) is 9.18 Å². The number of carbonyl (C=O) groups is 1. The molecule has 0 unspecified atom stereocenters. The number of hydrogen-bond donors (Lipinski definition) is 0. The number of rotatable bonds is 2. The highest BCUT2D eigenvalue weighted by Crippen LogP contribution is 2.31. The van der Waals surface area contributed by atoms with Gasteiger partial charge in [-0.15, -0.1) is 10.2 Å². The second-order valence-corrected chi connectivity index (χ2v) is 7.79. The van der Waals surface area contributed by atoms with Gasteiger partial charge in [0.05, 0.1) is 6.54 Å². The summed E-state index contributed by atoms with van der Waals surface area (Å²) in [5.41, 5.74) is 0.822. The van der Waals surface area contributed by atoms with Crippen LogP contribution in [0.15, 0.2) is 30.3 Å². The molecule has 2 heterocycles. The monoisotopic (exact) mass is 361 g/mol. The molecule has 7 heteroatoms. The first kappa shape index (κ1) is 17.5. The van der Waals surface area contributed by atoms with Crippen LogP contribution in [0.4, 0.5) is 9.18 Å². The van der Waals surface area contributed by atoms with E-state index in [-0.39, 0.29) is 11.9 Å². The van der Waals surface area contributed by atoms with Crippen molar-refractivity contribution in [1.82, 2.24) is 15.1 Å². The van der Waals surface area contributed by atoms with Crippen molar-refractivity contribution in [1.29, 1.82) is 0 Å². The first-order valence-corrected chi connectivity index (χ1v) is 8.91. The van der Waals surface area contributed by atoms with Crippen LogP contribution in [-0.4, -0.2) is 39.9 Å². The van der Waals surface area contributed by atoms with E-state index >= 15 is 0 Å². The fourth-order valence-electron chi connectivity index (χ4n) is 2.48. The highest BCUT2D eigenvalue weighted by molar-refractivity contribution is 7.15. The highest BCUT2D eigenvalue weighted by Gasteiger charge is 2.26. The molecular formula is C18H20FN3O2S. The number of hydrogen-bond acceptors (Lipinski definition) is 5. The standard InChI is InChI=1S/C18H20FN3O2S/c1-18(2,3)24-17(23)22-10-6-7-12(11-22)15-20-21-16(25-15)13-8-4-5-9-14(13)19/h4-5,7-9H,6,10-11H2,1-3H3. The average molecular weight is 361 g/mol. The highest BCUT2D eigenvalue weighted by atomic mass is 32.1. The molecule has 1 aromatic carbocycles. The normalized spacial score (nSPS) is 15.0. The Balaban J connectivity index is 1.76. The van der Waals surface area contributed by atoms with E-state index in [0.717, 1.165) is 12.0 Å². The number of carbonyl (C=O) groups excluding carboxylic acids is 1. The SMILES string of the molecule is CC(C)(C)OC(=O)N1CCC=C(c2nnc(-c3ccccc3F)s2)C1. The van der Waals surface area contributed by atoms with Crippen LogP contribution >= 0.6 is 11.3 Å². The van der Waals surface area contributed by atoms with Crippen LogP contribution in [-0.2, 0) is 4.74 Å². The van der Waals surface area contributed by atoms with Crippen molar-refractivity contribution in [2.45, 2.75) is 32.8 Å². The van der Waals surface area contributed by atoms with Crippen molar-refractivity contribution in [3.8, 4) is 10.6 Å². The van der Waals surface area contributed by atoms with Gasteiger partial charge < -0.3 is 9.64 Å². The molecule has 0 radical (unpaired) electrons. The molecule has 25 heavy (non-hydrogen) atoms. The number of ether oxygens (including phenoxy) is 1. The van der Waals surface area contributed by atoms with Gasteiger partial charge in [-0.1, -0.05) is 29.5 Å². The van der Waals surface area contributed by atoms with Gasteiger partial charge in [0.15, 0.2) is 5.01 Å². The number of amides is 1. The van der Waals surface area contributed by atoms with E-state index in [1.807, 2.05) is 26.8 Å². The fourth-order valence-corrected chi connectivity index (χ4v) is 3.38. The van der Waals surface area contributed by atoms with Gasteiger partial charge in [-0.3, -0.25) is 0 Å². The minimum Gasteiger partial charge on any atom is -0.444 e. The van der Waals surface area contributed by atoms with E-state index in [1.165, 1.54) is 17.4 Å². The van der Waals surface area contributed by atoms with Crippen molar-refractivity contribution in [2.75, 3.05) is 13.1 Å². The lowest BCUT2D eigenvalue weighted by Crippen LogP contribution is -2.39. The zero-order chi connectivity index (χ0) is 18.0. The summed E-state index contributed by atoms with van der Waals surface area (Å²) in [5, 5.41) is 9.52. The maximum atomic E-state index is 13.9. The predicted molar refractivity (Wildman–Crippen MR) is 95.7 cm³/mol. The molecule has 0 atom stereocenters. The Labute approximate surface area is 150 Å². The fraction of sp³-hybridized carbons (Fsp3) is 0.389. The van der Waals surface area contributed by atoms with E-state index in [1.54, 1.807) is 23.1 Å². The van der Waals surface area contributed by atoms with Crippen LogP contribution in [0.3, 0.4) is 0 Å². The Hall–Kier alpha value is -2.28. The van der Waals surface area contributed by atoms with Gasteiger partial charge in [0.2, 0.25) is 0 Å². The lowest BCUT2D eigenvalue weighted by atomic mass is 10.1. The number of halogens is 1. The summed E-state index contributed by atoms with van der Waals surface area (Å²) in [7, 11) is 0.